The summed E-state index contributed by atoms with van der Waals surface area (Å²) in [5.41, 5.74) is 12.4. The quantitative estimate of drug-likeness (QED) is 0.214. The predicted molar refractivity (Wildman–Crippen MR) is 171 cm³/mol. The molecule has 0 spiro atoms. The molecule has 0 radical (unpaired) electrons. The van der Waals surface area contributed by atoms with E-state index in [9.17, 15) is 0 Å². The van der Waals surface area contributed by atoms with Gasteiger partial charge < -0.3 is 0 Å². The van der Waals surface area contributed by atoms with E-state index in [1.165, 1.54) is 66.1 Å². The average molecular weight is 525 g/mol. The van der Waals surface area contributed by atoms with Crippen LogP contribution in [-0.4, -0.2) is 9.97 Å². The summed E-state index contributed by atoms with van der Waals surface area (Å²) in [6.07, 6.45) is 7.44. The molecule has 2 heteroatoms. The highest BCUT2D eigenvalue weighted by Crippen LogP contribution is 2.51. The van der Waals surface area contributed by atoms with Crippen LogP contribution in [0.3, 0.4) is 0 Å². The smallest absolute Gasteiger partial charge is 0.0273 e. The summed E-state index contributed by atoms with van der Waals surface area (Å²) < 4.78 is 0. The number of hydrogen-bond acceptors (Lipinski definition) is 2. The molecule has 0 saturated heterocycles. The number of benzene rings is 5. The van der Waals surface area contributed by atoms with Crippen molar-refractivity contribution in [3.63, 3.8) is 0 Å². The van der Waals surface area contributed by atoms with Gasteiger partial charge in [0.25, 0.3) is 0 Å². The Labute approximate surface area is 240 Å². The van der Waals surface area contributed by atoms with Crippen molar-refractivity contribution < 1.29 is 0 Å². The molecule has 7 aromatic rings. The van der Waals surface area contributed by atoms with Gasteiger partial charge in [0.05, 0.1) is 0 Å². The zero-order valence-corrected chi connectivity index (χ0v) is 23.1. The second-order valence-corrected chi connectivity index (χ2v) is 11.6. The van der Waals surface area contributed by atoms with E-state index < -0.39 is 0 Å². The van der Waals surface area contributed by atoms with Gasteiger partial charge in [0.1, 0.15) is 0 Å². The van der Waals surface area contributed by atoms with Crippen LogP contribution in [0.1, 0.15) is 25.0 Å². The molecular weight excluding hydrogens is 496 g/mol. The van der Waals surface area contributed by atoms with Crippen molar-refractivity contribution in [2.24, 2.45) is 0 Å². The van der Waals surface area contributed by atoms with E-state index in [2.05, 4.69) is 133 Å². The molecule has 1 aliphatic carbocycles. The van der Waals surface area contributed by atoms with Gasteiger partial charge in [0, 0.05) is 30.2 Å². The summed E-state index contributed by atoms with van der Waals surface area (Å²) in [6.45, 7) is 4.76. The lowest BCUT2D eigenvalue weighted by molar-refractivity contribution is 0.663. The standard InChI is InChI=1S/C39H28N2/c1-39(2)35-23-33(25-6-4-3-5-7-25)18-28-8-9-29-19-34(24-36(39)38(29)37(28)35)32-21-30(26-10-14-40-15-11-26)20-31(22-32)27-12-16-41-17-13-27/h3-24H,1-2H3. The topological polar surface area (TPSA) is 25.8 Å². The van der Waals surface area contributed by atoms with Crippen LogP contribution in [0, 0.1) is 0 Å². The molecule has 0 N–H and O–H groups in total. The van der Waals surface area contributed by atoms with Gasteiger partial charge in [0.15, 0.2) is 0 Å². The first-order valence-electron chi connectivity index (χ1n) is 14.1. The molecule has 194 valence electrons. The van der Waals surface area contributed by atoms with Crippen LogP contribution in [0.4, 0.5) is 0 Å². The molecule has 0 atom stereocenters. The molecule has 0 aliphatic heterocycles. The fourth-order valence-corrected chi connectivity index (χ4v) is 6.64. The van der Waals surface area contributed by atoms with Crippen LogP contribution >= 0.6 is 0 Å². The maximum Gasteiger partial charge on any atom is 0.0273 e. The first-order valence-corrected chi connectivity index (χ1v) is 14.1. The highest BCUT2D eigenvalue weighted by Gasteiger charge is 2.35. The number of nitrogens with zero attached hydrogens (tertiary/aromatic N) is 2. The minimum atomic E-state index is -0.113. The lowest BCUT2D eigenvalue weighted by Crippen LogP contribution is -2.15. The molecule has 0 saturated carbocycles. The van der Waals surface area contributed by atoms with E-state index in [4.69, 9.17) is 0 Å². The Morgan fingerprint density at radius 1 is 0.390 bits per heavy atom. The average Bonchev–Trinajstić information content (AvgIpc) is 3.27. The third-order valence-electron chi connectivity index (χ3n) is 8.78. The van der Waals surface area contributed by atoms with E-state index in [0.29, 0.717) is 0 Å². The maximum absolute atomic E-state index is 4.24. The molecule has 0 amide bonds. The zero-order valence-electron chi connectivity index (χ0n) is 23.1. The lowest BCUT2D eigenvalue weighted by atomic mass is 9.80. The molecule has 1 aliphatic rings. The van der Waals surface area contributed by atoms with Gasteiger partial charge in [-0.15, -0.1) is 0 Å². The molecule has 2 heterocycles. The number of rotatable bonds is 4. The Hall–Kier alpha value is -5.08. The minimum Gasteiger partial charge on any atom is -0.265 e. The Morgan fingerprint density at radius 3 is 1.27 bits per heavy atom. The molecule has 0 fully saturated rings. The summed E-state index contributed by atoms with van der Waals surface area (Å²) >= 11 is 0. The van der Waals surface area contributed by atoms with E-state index in [1.807, 2.05) is 24.8 Å². The summed E-state index contributed by atoms with van der Waals surface area (Å²) in [7, 11) is 0. The highest BCUT2D eigenvalue weighted by molar-refractivity contribution is 6.16. The summed E-state index contributed by atoms with van der Waals surface area (Å²) in [6, 6.07) is 40.1. The first-order chi connectivity index (χ1) is 20.1. The number of hydrogen-bond donors (Lipinski definition) is 0. The highest BCUT2D eigenvalue weighted by atomic mass is 14.6. The van der Waals surface area contributed by atoms with Crippen LogP contribution in [0.15, 0.2) is 134 Å². The van der Waals surface area contributed by atoms with Gasteiger partial charge in [-0.3, -0.25) is 9.97 Å². The van der Waals surface area contributed by atoms with E-state index in [0.717, 1.165) is 11.1 Å². The van der Waals surface area contributed by atoms with E-state index in [-0.39, 0.29) is 5.41 Å². The fraction of sp³-hybridized carbons (Fsp3) is 0.0769. The van der Waals surface area contributed by atoms with Gasteiger partial charge >= 0.3 is 0 Å². The summed E-state index contributed by atoms with van der Waals surface area (Å²) in [5.74, 6) is 0. The first kappa shape index (κ1) is 23.8. The SMILES string of the molecule is CC1(C)c2cc(-c3ccccc3)cc3ccc4cc(-c5cc(-c6ccncc6)cc(-c6ccncc6)c5)cc1c4c23. The van der Waals surface area contributed by atoms with Crippen LogP contribution in [0.2, 0.25) is 0 Å². The molecule has 0 unspecified atom stereocenters. The maximum atomic E-state index is 4.24. The van der Waals surface area contributed by atoms with Crippen molar-refractivity contribution >= 4 is 21.5 Å². The lowest BCUT2D eigenvalue weighted by Gasteiger charge is -2.23. The largest absolute Gasteiger partial charge is 0.265 e. The van der Waals surface area contributed by atoms with Crippen molar-refractivity contribution in [3.05, 3.63) is 145 Å². The Morgan fingerprint density at radius 2 is 0.780 bits per heavy atom. The molecule has 8 rings (SSSR count). The molecular formula is C39H28N2. The summed E-state index contributed by atoms with van der Waals surface area (Å²) in [5, 5.41) is 5.40. The third kappa shape index (κ3) is 3.79. The van der Waals surface area contributed by atoms with Crippen molar-refractivity contribution in [1.29, 1.82) is 0 Å². The second-order valence-electron chi connectivity index (χ2n) is 11.6. The van der Waals surface area contributed by atoms with Gasteiger partial charge in [-0.05, 0) is 144 Å². The van der Waals surface area contributed by atoms with Crippen molar-refractivity contribution in [2.75, 3.05) is 0 Å². The Kier molecular flexibility index (Phi) is 5.20. The van der Waals surface area contributed by atoms with Crippen molar-refractivity contribution in [1.82, 2.24) is 9.97 Å². The normalized spacial score (nSPS) is 13.3. The Bertz CT molecular complexity index is 2040. The molecule has 41 heavy (non-hydrogen) atoms. The molecule has 2 aromatic heterocycles. The molecule has 2 nitrogen and oxygen atoms in total. The third-order valence-corrected chi connectivity index (χ3v) is 8.78. The van der Waals surface area contributed by atoms with Crippen LogP contribution in [0.25, 0.3) is 66.1 Å². The zero-order chi connectivity index (χ0) is 27.6. The van der Waals surface area contributed by atoms with Crippen LogP contribution in [0.5, 0.6) is 0 Å². The van der Waals surface area contributed by atoms with Gasteiger partial charge in [-0.25, -0.2) is 0 Å². The van der Waals surface area contributed by atoms with E-state index >= 15 is 0 Å². The second kappa shape index (κ2) is 8.97. The van der Waals surface area contributed by atoms with Crippen LogP contribution < -0.4 is 0 Å². The number of pyridine rings is 2. The van der Waals surface area contributed by atoms with Gasteiger partial charge in [0.2, 0.25) is 0 Å². The summed E-state index contributed by atoms with van der Waals surface area (Å²) in [4.78, 5) is 8.49. The van der Waals surface area contributed by atoms with Gasteiger partial charge in [-0.2, -0.15) is 0 Å². The van der Waals surface area contributed by atoms with Crippen LogP contribution in [-0.2, 0) is 5.41 Å². The minimum absolute atomic E-state index is 0.113. The number of aromatic nitrogens is 2. The molecule has 5 aromatic carbocycles. The predicted octanol–water partition coefficient (Wildman–Crippen LogP) is 10.1. The monoisotopic (exact) mass is 524 g/mol. The fourth-order valence-electron chi connectivity index (χ4n) is 6.64. The van der Waals surface area contributed by atoms with E-state index in [1.54, 1.807) is 0 Å². The Balaban J connectivity index is 1.34. The van der Waals surface area contributed by atoms with Gasteiger partial charge in [-0.1, -0.05) is 56.3 Å². The van der Waals surface area contributed by atoms with Crippen molar-refractivity contribution in [2.45, 2.75) is 19.3 Å². The van der Waals surface area contributed by atoms with Crippen molar-refractivity contribution in [3.8, 4) is 44.5 Å². The molecule has 0 bridgehead atoms.